The third-order valence-electron chi connectivity index (χ3n) is 3.56. The number of aliphatic hydroxyl groups is 1. The lowest BCUT2D eigenvalue weighted by molar-refractivity contribution is -0.125. The second-order valence-corrected chi connectivity index (χ2v) is 6.04. The Labute approximate surface area is 124 Å². The van der Waals surface area contributed by atoms with Crippen molar-refractivity contribution in [2.75, 3.05) is 12.3 Å². The van der Waals surface area contributed by atoms with E-state index in [1.165, 1.54) is 0 Å². The molecule has 6 nitrogen and oxygen atoms in total. The lowest BCUT2D eigenvalue weighted by Crippen LogP contribution is -2.59. The molecule has 6 heteroatoms. The largest absolute Gasteiger partial charge is 0.399 e. The van der Waals surface area contributed by atoms with Crippen molar-refractivity contribution in [3.63, 3.8) is 0 Å². The van der Waals surface area contributed by atoms with Crippen LogP contribution in [0.4, 0.5) is 5.69 Å². The van der Waals surface area contributed by atoms with Crippen LogP contribution >= 0.6 is 0 Å². The number of carbonyl (C=O) groups excluding carboxylic acids is 2. The molecule has 0 aliphatic carbocycles. The average molecular weight is 293 g/mol. The van der Waals surface area contributed by atoms with Crippen LogP contribution in [0.1, 0.15) is 38.1 Å². The SMILES string of the molecule is CC(C)(O)C(C)(C)NC(=O)CNC(=O)c1ccc(N)cc1. The highest BCUT2D eigenvalue weighted by molar-refractivity contribution is 5.96. The number of benzene rings is 1. The van der Waals surface area contributed by atoms with Crippen molar-refractivity contribution in [2.24, 2.45) is 0 Å². The summed E-state index contributed by atoms with van der Waals surface area (Å²) < 4.78 is 0. The number of nitrogens with one attached hydrogen (secondary N) is 2. The lowest BCUT2D eigenvalue weighted by Gasteiger charge is -2.38. The number of nitrogen functional groups attached to an aromatic ring is 1. The second-order valence-electron chi connectivity index (χ2n) is 6.04. The van der Waals surface area contributed by atoms with E-state index in [4.69, 9.17) is 5.73 Å². The van der Waals surface area contributed by atoms with Gasteiger partial charge in [0.05, 0.1) is 17.7 Å². The van der Waals surface area contributed by atoms with Crippen molar-refractivity contribution in [3.8, 4) is 0 Å². The Kier molecular flexibility index (Phi) is 4.96. The fourth-order valence-electron chi connectivity index (χ4n) is 1.44. The summed E-state index contributed by atoms with van der Waals surface area (Å²) in [4.78, 5) is 23.7. The highest BCUT2D eigenvalue weighted by Gasteiger charge is 2.36. The molecule has 1 aromatic carbocycles. The van der Waals surface area contributed by atoms with Crippen LogP contribution in [0.3, 0.4) is 0 Å². The molecule has 0 aromatic heterocycles. The lowest BCUT2D eigenvalue weighted by atomic mass is 9.86. The summed E-state index contributed by atoms with van der Waals surface area (Å²) in [5.41, 5.74) is 4.65. The summed E-state index contributed by atoms with van der Waals surface area (Å²) in [5.74, 6) is -0.725. The number of hydrogen-bond acceptors (Lipinski definition) is 4. The smallest absolute Gasteiger partial charge is 0.251 e. The first-order valence-corrected chi connectivity index (χ1v) is 6.70. The van der Waals surface area contributed by atoms with E-state index in [0.717, 1.165) is 0 Å². The van der Waals surface area contributed by atoms with Crippen LogP contribution in [0.2, 0.25) is 0 Å². The van der Waals surface area contributed by atoms with Crippen LogP contribution in [-0.4, -0.2) is 34.6 Å². The third kappa shape index (κ3) is 4.75. The predicted octanol–water partition coefficient (Wildman–Crippen LogP) is 0.664. The maximum absolute atomic E-state index is 11.8. The minimum Gasteiger partial charge on any atom is -0.399 e. The van der Waals surface area contributed by atoms with Gasteiger partial charge >= 0.3 is 0 Å². The van der Waals surface area contributed by atoms with Gasteiger partial charge in [-0.1, -0.05) is 0 Å². The molecule has 0 atom stereocenters. The fraction of sp³-hybridized carbons (Fsp3) is 0.467. The molecule has 0 radical (unpaired) electrons. The average Bonchev–Trinajstić information content (AvgIpc) is 2.35. The second kappa shape index (κ2) is 6.13. The van der Waals surface area contributed by atoms with E-state index in [1.807, 2.05) is 0 Å². The van der Waals surface area contributed by atoms with Gasteiger partial charge in [0.25, 0.3) is 5.91 Å². The fourth-order valence-corrected chi connectivity index (χ4v) is 1.44. The molecule has 0 spiro atoms. The summed E-state index contributed by atoms with van der Waals surface area (Å²) in [5, 5.41) is 15.2. The summed E-state index contributed by atoms with van der Waals surface area (Å²) in [7, 11) is 0. The van der Waals surface area contributed by atoms with Gasteiger partial charge in [-0.15, -0.1) is 0 Å². The van der Waals surface area contributed by atoms with Crippen LogP contribution in [0, 0.1) is 0 Å². The third-order valence-corrected chi connectivity index (χ3v) is 3.56. The van der Waals surface area contributed by atoms with Crippen LogP contribution in [0.5, 0.6) is 0 Å². The molecule has 0 bridgehead atoms. The van der Waals surface area contributed by atoms with Gasteiger partial charge in [-0.25, -0.2) is 0 Å². The predicted molar refractivity (Wildman–Crippen MR) is 81.7 cm³/mol. The zero-order valence-corrected chi connectivity index (χ0v) is 12.9. The van der Waals surface area contributed by atoms with Gasteiger partial charge in [0.1, 0.15) is 0 Å². The Bertz CT molecular complexity index is 516. The van der Waals surface area contributed by atoms with Crippen molar-refractivity contribution in [1.29, 1.82) is 0 Å². The van der Waals surface area contributed by atoms with Gasteiger partial charge < -0.3 is 21.5 Å². The molecule has 0 heterocycles. The van der Waals surface area contributed by atoms with E-state index in [0.29, 0.717) is 11.3 Å². The highest BCUT2D eigenvalue weighted by atomic mass is 16.3. The van der Waals surface area contributed by atoms with Crippen LogP contribution in [-0.2, 0) is 4.79 Å². The maximum atomic E-state index is 11.8. The zero-order chi connectivity index (χ0) is 16.3. The highest BCUT2D eigenvalue weighted by Crippen LogP contribution is 2.20. The molecule has 0 saturated carbocycles. The van der Waals surface area contributed by atoms with Crippen molar-refractivity contribution in [3.05, 3.63) is 29.8 Å². The first-order valence-electron chi connectivity index (χ1n) is 6.70. The summed E-state index contributed by atoms with van der Waals surface area (Å²) >= 11 is 0. The topological polar surface area (TPSA) is 104 Å². The zero-order valence-electron chi connectivity index (χ0n) is 12.9. The summed E-state index contributed by atoms with van der Waals surface area (Å²) in [6.07, 6.45) is 0. The number of rotatable bonds is 5. The molecule has 0 aliphatic heterocycles. The maximum Gasteiger partial charge on any atom is 0.251 e. The first-order chi connectivity index (χ1) is 9.53. The number of anilines is 1. The number of amides is 2. The molecule has 1 rings (SSSR count). The van der Waals surface area contributed by atoms with Gasteiger partial charge in [-0.05, 0) is 52.0 Å². The van der Waals surface area contributed by atoms with Gasteiger partial charge in [-0.2, -0.15) is 0 Å². The molecule has 0 fully saturated rings. The molecule has 0 aliphatic rings. The van der Waals surface area contributed by atoms with Gasteiger partial charge in [0.15, 0.2) is 0 Å². The Morgan fingerprint density at radius 2 is 1.67 bits per heavy atom. The van der Waals surface area contributed by atoms with E-state index in [-0.39, 0.29) is 18.4 Å². The van der Waals surface area contributed by atoms with Crippen molar-refractivity contribution in [1.82, 2.24) is 10.6 Å². The number of nitrogens with two attached hydrogens (primary N) is 1. The van der Waals surface area contributed by atoms with E-state index < -0.39 is 11.1 Å². The van der Waals surface area contributed by atoms with Gasteiger partial charge in [-0.3, -0.25) is 9.59 Å². The minimum absolute atomic E-state index is 0.164. The molecule has 5 N–H and O–H groups in total. The van der Waals surface area contributed by atoms with Gasteiger partial charge in [0, 0.05) is 11.3 Å². The Morgan fingerprint density at radius 1 is 1.14 bits per heavy atom. The van der Waals surface area contributed by atoms with Gasteiger partial charge in [0.2, 0.25) is 5.91 Å². The molecular weight excluding hydrogens is 270 g/mol. The summed E-state index contributed by atoms with van der Waals surface area (Å²) in [6, 6.07) is 6.41. The molecule has 1 aromatic rings. The Morgan fingerprint density at radius 3 is 2.14 bits per heavy atom. The summed E-state index contributed by atoms with van der Waals surface area (Å²) in [6.45, 7) is 6.49. The first kappa shape index (κ1) is 17.0. The van der Waals surface area contributed by atoms with Crippen LogP contribution in [0.15, 0.2) is 24.3 Å². The number of hydrogen-bond donors (Lipinski definition) is 4. The normalized spacial score (nSPS) is 11.9. The van der Waals surface area contributed by atoms with Crippen LogP contribution < -0.4 is 16.4 Å². The van der Waals surface area contributed by atoms with E-state index in [9.17, 15) is 14.7 Å². The van der Waals surface area contributed by atoms with Crippen LogP contribution in [0.25, 0.3) is 0 Å². The van der Waals surface area contributed by atoms with Crippen molar-refractivity contribution in [2.45, 2.75) is 38.8 Å². The molecule has 116 valence electrons. The minimum atomic E-state index is -1.08. The quantitative estimate of drug-likeness (QED) is 0.599. The molecule has 0 unspecified atom stereocenters. The molecular formula is C15H23N3O3. The Hall–Kier alpha value is -2.08. The van der Waals surface area contributed by atoms with E-state index >= 15 is 0 Å². The molecule has 21 heavy (non-hydrogen) atoms. The van der Waals surface area contributed by atoms with Crippen molar-refractivity contribution < 1.29 is 14.7 Å². The van der Waals surface area contributed by atoms with Crippen molar-refractivity contribution >= 4 is 17.5 Å². The standard InChI is InChI=1S/C15H23N3O3/c1-14(2,15(3,4)21)18-12(19)9-17-13(20)10-5-7-11(16)8-6-10/h5-8,21H,9,16H2,1-4H3,(H,17,20)(H,18,19). The monoisotopic (exact) mass is 293 g/mol. The molecule has 0 saturated heterocycles. The number of carbonyl (C=O) groups is 2. The van der Waals surface area contributed by atoms with E-state index in [2.05, 4.69) is 10.6 Å². The molecule has 2 amide bonds. The Balaban J connectivity index is 2.54. The van der Waals surface area contributed by atoms with E-state index in [1.54, 1.807) is 52.0 Å².